The van der Waals surface area contributed by atoms with Gasteiger partial charge in [-0.1, -0.05) is 12.1 Å². The van der Waals surface area contributed by atoms with Crippen LogP contribution < -0.4 is 0 Å². The molecular weight excluding hydrogens is 232 g/mol. The van der Waals surface area contributed by atoms with E-state index in [0.29, 0.717) is 11.1 Å². The smallest absolute Gasteiger partial charge is 0.253 e. The fourth-order valence-electron chi connectivity index (χ4n) is 1.54. The van der Waals surface area contributed by atoms with Crippen LogP contribution in [0, 0.1) is 11.3 Å². The van der Waals surface area contributed by atoms with Gasteiger partial charge in [-0.2, -0.15) is 5.26 Å². The Labute approximate surface area is 106 Å². The molecule has 0 heterocycles. The predicted octanol–water partition coefficient (Wildman–Crippen LogP) is 0.696. The van der Waals surface area contributed by atoms with Crippen LogP contribution >= 0.6 is 0 Å². The van der Waals surface area contributed by atoms with Crippen molar-refractivity contribution >= 4 is 5.91 Å². The van der Waals surface area contributed by atoms with Gasteiger partial charge in [-0.3, -0.25) is 4.79 Å². The van der Waals surface area contributed by atoms with E-state index in [-0.39, 0.29) is 12.3 Å². The van der Waals surface area contributed by atoms with Gasteiger partial charge in [0, 0.05) is 19.7 Å². The molecule has 96 valence electrons. The number of nitrogens with zero attached hydrogens (tertiary/aromatic N) is 2. The third kappa shape index (κ3) is 3.29. The summed E-state index contributed by atoms with van der Waals surface area (Å²) in [5, 5.41) is 27.8. The predicted molar refractivity (Wildman–Crippen MR) is 65.7 cm³/mol. The monoisotopic (exact) mass is 248 g/mol. The van der Waals surface area contributed by atoms with Crippen LogP contribution in [0.1, 0.15) is 28.4 Å². The van der Waals surface area contributed by atoms with Gasteiger partial charge in [-0.25, -0.2) is 0 Å². The Kier molecular flexibility index (Phi) is 4.84. The van der Waals surface area contributed by atoms with Gasteiger partial charge in [0.05, 0.1) is 18.6 Å². The number of hydrogen-bond donors (Lipinski definition) is 2. The van der Waals surface area contributed by atoms with Crippen molar-refractivity contribution in [3.63, 3.8) is 0 Å². The number of aliphatic hydroxyl groups excluding tert-OH is 2. The van der Waals surface area contributed by atoms with Crippen LogP contribution in [0.25, 0.3) is 0 Å². The van der Waals surface area contributed by atoms with Gasteiger partial charge >= 0.3 is 0 Å². The summed E-state index contributed by atoms with van der Waals surface area (Å²) in [5.74, 6) is -0.182. The summed E-state index contributed by atoms with van der Waals surface area (Å²) < 4.78 is 0. The molecule has 18 heavy (non-hydrogen) atoms. The average molecular weight is 248 g/mol. The summed E-state index contributed by atoms with van der Waals surface area (Å²) in [7, 11) is 3.27. The molecule has 1 aromatic rings. The average Bonchev–Trinajstić information content (AvgIpc) is 2.37. The third-order valence-corrected chi connectivity index (χ3v) is 2.55. The van der Waals surface area contributed by atoms with E-state index in [1.165, 1.54) is 11.0 Å². The highest BCUT2D eigenvalue weighted by Gasteiger charge is 2.19. The van der Waals surface area contributed by atoms with E-state index in [0.717, 1.165) is 0 Å². The second-order valence-corrected chi connectivity index (χ2v) is 4.20. The van der Waals surface area contributed by atoms with Crippen LogP contribution in [-0.2, 0) is 0 Å². The third-order valence-electron chi connectivity index (χ3n) is 2.55. The van der Waals surface area contributed by atoms with Crippen LogP contribution in [0.15, 0.2) is 24.3 Å². The number of aliphatic hydroxyl groups is 2. The second-order valence-electron chi connectivity index (χ2n) is 4.20. The maximum atomic E-state index is 11.7. The highest BCUT2D eigenvalue weighted by molar-refractivity contribution is 5.94. The summed E-state index contributed by atoms with van der Waals surface area (Å²) in [5.41, 5.74) is 0.853. The van der Waals surface area contributed by atoms with E-state index in [1.54, 1.807) is 38.4 Å². The first-order chi connectivity index (χ1) is 8.47. The van der Waals surface area contributed by atoms with E-state index >= 15 is 0 Å². The molecule has 5 heteroatoms. The van der Waals surface area contributed by atoms with Gasteiger partial charge in [0.15, 0.2) is 0 Å². The van der Waals surface area contributed by atoms with E-state index in [4.69, 9.17) is 5.26 Å². The Hall–Kier alpha value is -1.90. The minimum absolute atomic E-state index is 0.160. The van der Waals surface area contributed by atoms with Gasteiger partial charge < -0.3 is 15.1 Å². The zero-order valence-corrected chi connectivity index (χ0v) is 10.4. The quantitative estimate of drug-likeness (QED) is 0.821. The first kappa shape index (κ1) is 14.2. The number of benzene rings is 1. The zero-order valence-electron chi connectivity index (χ0n) is 10.4. The molecular formula is C13H16N2O3. The molecule has 2 N–H and O–H groups in total. The van der Waals surface area contributed by atoms with Gasteiger partial charge in [-0.05, 0) is 17.7 Å². The van der Waals surface area contributed by atoms with Crippen LogP contribution in [0.5, 0.6) is 0 Å². The fourth-order valence-corrected chi connectivity index (χ4v) is 1.54. The molecule has 0 fully saturated rings. The first-order valence-corrected chi connectivity index (χ1v) is 5.52. The lowest BCUT2D eigenvalue weighted by Gasteiger charge is -2.17. The lowest BCUT2D eigenvalue weighted by Crippen LogP contribution is -2.22. The van der Waals surface area contributed by atoms with Crippen molar-refractivity contribution in [2.24, 2.45) is 0 Å². The molecule has 0 aromatic heterocycles. The molecule has 1 aromatic carbocycles. The molecule has 1 amide bonds. The number of carbonyl (C=O) groups is 1. The molecule has 2 atom stereocenters. The van der Waals surface area contributed by atoms with Gasteiger partial charge in [-0.15, -0.1) is 0 Å². The zero-order chi connectivity index (χ0) is 13.7. The number of rotatable bonds is 4. The number of nitriles is 1. The van der Waals surface area contributed by atoms with Crippen molar-refractivity contribution in [2.45, 2.75) is 18.6 Å². The lowest BCUT2D eigenvalue weighted by molar-refractivity contribution is 0.0216. The maximum absolute atomic E-state index is 11.7. The minimum Gasteiger partial charge on any atom is -0.389 e. The molecule has 0 radical (unpaired) electrons. The number of amides is 1. The number of hydrogen-bond acceptors (Lipinski definition) is 4. The molecule has 0 saturated carbocycles. The molecule has 0 aliphatic rings. The summed E-state index contributed by atoms with van der Waals surface area (Å²) in [4.78, 5) is 13.2. The Morgan fingerprint density at radius 1 is 1.44 bits per heavy atom. The van der Waals surface area contributed by atoms with Gasteiger partial charge in [0.25, 0.3) is 5.91 Å². The largest absolute Gasteiger partial charge is 0.389 e. The lowest BCUT2D eigenvalue weighted by atomic mass is 10.00. The second kappa shape index (κ2) is 6.15. The highest BCUT2D eigenvalue weighted by atomic mass is 16.3. The molecule has 0 aliphatic heterocycles. The van der Waals surface area contributed by atoms with Crippen molar-refractivity contribution in [3.05, 3.63) is 35.4 Å². The standard InChI is InChI=1S/C13H16N2O3/c1-15(2)13(18)10-5-3-4-9(8-10)12(17)11(16)6-7-14/h3-5,8,11-12,16-17H,6H2,1-2H3. The molecule has 0 bridgehead atoms. The molecule has 5 nitrogen and oxygen atoms in total. The van der Waals surface area contributed by atoms with Gasteiger partial charge in [0.1, 0.15) is 6.10 Å². The highest BCUT2D eigenvalue weighted by Crippen LogP contribution is 2.20. The van der Waals surface area contributed by atoms with Crippen molar-refractivity contribution in [1.82, 2.24) is 4.90 Å². The minimum atomic E-state index is -1.17. The van der Waals surface area contributed by atoms with Crippen molar-refractivity contribution in [3.8, 4) is 6.07 Å². The van der Waals surface area contributed by atoms with E-state index in [2.05, 4.69) is 0 Å². The Bertz CT molecular complexity index is 466. The molecule has 2 unspecified atom stereocenters. The maximum Gasteiger partial charge on any atom is 0.253 e. The topological polar surface area (TPSA) is 84.6 Å². The van der Waals surface area contributed by atoms with Crippen molar-refractivity contribution in [1.29, 1.82) is 5.26 Å². The first-order valence-electron chi connectivity index (χ1n) is 5.52. The molecule has 0 spiro atoms. The summed E-state index contributed by atoms with van der Waals surface area (Å²) in [6.45, 7) is 0. The Balaban J connectivity index is 2.95. The molecule has 0 aliphatic carbocycles. The van der Waals surface area contributed by atoms with Crippen molar-refractivity contribution in [2.75, 3.05) is 14.1 Å². The summed E-state index contributed by atoms with van der Waals surface area (Å²) >= 11 is 0. The number of carbonyl (C=O) groups excluding carboxylic acids is 1. The van der Waals surface area contributed by atoms with E-state index in [9.17, 15) is 15.0 Å². The fraction of sp³-hybridized carbons (Fsp3) is 0.385. The van der Waals surface area contributed by atoms with E-state index in [1.807, 2.05) is 0 Å². The molecule has 1 rings (SSSR count). The normalized spacial score (nSPS) is 13.5. The van der Waals surface area contributed by atoms with E-state index < -0.39 is 12.2 Å². The van der Waals surface area contributed by atoms with Crippen LogP contribution in [0.3, 0.4) is 0 Å². The van der Waals surface area contributed by atoms with Crippen LogP contribution in [-0.4, -0.2) is 41.2 Å². The summed E-state index contributed by atoms with van der Waals surface area (Å²) in [6, 6.07) is 8.19. The van der Waals surface area contributed by atoms with Gasteiger partial charge in [0.2, 0.25) is 0 Å². The van der Waals surface area contributed by atoms with Crippen molar-refractivity contribution < 1.29 is 15.0 Å². The van der Waals surface area contributed by atoms with Crippen LogP contribution in [0.4, 0.5) is 0 Å². The summed E-state index contributed by atoms with van der Waals surface area (Å²) in [6.07, 6.45) is -2.48. The Morgan fingerprint density at radius 2 is 2.11 bits per heavy atom. The molecule has 0 saturated heterocycles. The van der Waals surface area contributed by atoms with Crippen LogP contribution in [0.2, 0.25) is 0 Å². The Morgan fingerprint density at radius 3 is 2.67 bits per heavy atom. The SMILES string of the molecule is CN(C)C(=O)c1cccc(C(O)C(O)CC#N)c1.